The van der Waals surface area contributed by atoms with Gasteiger partial charge in [-0.3, -0.25) is 4.90 Å². The quantitative estimate of drug-likeness (QED) is 0.537. The van der Waals surface area contributed by atoms with Crippen LogP contribution >= 0.6 is 0 Å². The predicted molar refractivity (Wildman–Crippen MR) is 48.4 cm³/mol. The Balaban J connectivity index is 2.54. The van der Waals surface area contributed by atoms with E-state index in [4.69, 9.17) is 5.26 Å². The maximum atomic E-state index is 8.78. The average Bonchev–Trinajstić information content (AvgIpc) is 2.17. The first-order chi connectivity index (χ1) is 5.92. The van der Waals surface area contributed by atoms with Gasteiger partial charge in [0.05, 0.1) is 12.2 Å². The summed E-state index contributed by atoms with van der Waals surface area (Å²) in [5, 5.41) is 8.78. The number of anilines is 1. The molecule has 1 aromatic rings. The minimum Gasteiger partial charge on any atom is -0.275 e. The fraction of sp³-hybridized carbons (Fsp3) is 0.100. The van der Waals surface area contributed by atoms with Gasteiger partial charge in [-0.2, -0.15) is 5.26 Å². The first kappa shape index (κ1) is 6.93. The highest BCUT2D eigenvalue weighted by atomic mass is 15.1. The third-order valence-electron chi connectivity index (χ3n) is 1.93. The zero-order chi connectivity index (χ0) is 8.39. The largest absolute Gasteiger partial charge is 0.275 e. The highest BCUT2D eigenvalue weighted by Crippen LogP contribution is 2.24. The van der Waals surface area contributed by atoms with Crippen LogP contribution in [0.1, 0.15) is 5.56 Å². The zero-order valence-corrected chi connectivity index (χ0v) is 6.57. The number of nitrogens with zero attached hydrogens (tertiary/aromatic N) is 2. The molecule has 0 saturated heterocycles. The van der Waals surface area contributed by atoms with Gasteiger partial charge in [-0.1, -0.05) is 30.4 Å². The predicted octanol–water partition coefficient (Wildman–Crippen LogP) is 2.00. The lowest BCUT2D eigenvalue weighted by Gasteiger charge is -2.19. The smallest absolute Gasteiger partial charge is 0.184 e. The molecule has 0 atom stereocenters. The molecule has 1 aliphatic heterocycles. The summed E-state index contributed by atoms with van der Waals surface area (Å²) in [5.41, 5.74) is 2.12. The monoisotopic (exact) mass is 156 g/mol. The molecular weight excluding hydrogens is 148 g/mol. The summed E-state index contributed by atoms with van der Waals surface area (Å²) in [4.78, 5) is 1.68. The van der Waals surface area contributed by atoms with Crippen molar-refractivity contribution in [3.8, 4) is 6.19 Å². The van der Waals surface area contributed by atoms with Gasteiger partial charge in [-0.25, -0.2) is 0 Å². The Hall–Kier alpha value is -1.75. The fourth-order valence-electron chi connectivity index (χ4n) is 1.35. The molecule has 58 valence electrons. The molecule has 0 amide bonds. The van der Waals surface area contributed by atoms with Crippen molar-refractivity contribution in [3.05, 3.63) is 35.9 Å². The second-order valence-electron chi connectivity index (χ2n) is 2.67. The van der Waals surface area contributed by atoms with E-state index < -0.39 is 0 Å². The zero-order valence-electron chi connectivity index (χ0n) is 6.57. The van der Waals surface area contributed by atoms with Crippen molar-refractivity contribution in [1.82, 2.24) is 0 Å². The van der Waals surface area contributed by atoms with Crippen molar-refractivity contribution in [1.29, 1.82) is 5.26 Å². The van der Waals surface area contributed by atoms with E-state index in [2.05, 4.69) is 6.19 Å². The van der Waals surface area contributed by atoms with Gasteiger partial charge in [-0.05, 0) is 11.6 Å². The van der Waals surface area contributed by atoms with Crippen LogP contribution in [0, 0.1) is 11.5 Å². The molecule has 0 fully saturated rings. The average molecular weight is 156 g/mol. The minimum absolute atomic E-state index is 0.688. The lowest BCUT2D eigenvalue weighted by Crippen LogP contribution is -2.19. The van der Waals surface area contributed by atoms with Crippen LogP contribution in [0.2, 0.25) is 0 Å². The molecule has 2 nitrogen and oxygen atoms in total. The summed E-state index contributed by atoms with van der Waals surface area (Å²) >= 11 is 0. The molecule has 1 aromatic carbocycles. The number of fused-ring (bicyclic) bond motifs is 1. The second kappa shape index (κ2) is 2.71. The van der Waals surface area contributed by atoms with Gasteiger partial charge in [0.2, 0.25) is 0 Å². The highest BCUT2D eigenvalue weighted by Gasteiger charge is 2.10. The lowest BCUT2D eigenvalue weighted by atomic mass is 10.1. The van der Waals surface area contributed by atoms with Crippen LogP contribution in [0.4, 0.5) is 5.69 Å². The number of para-hydroxylation sites is 1. The molecule has 0 aromatic heterocycles. The van der Waals surface area contributed by atoms with Gasteiger partial charge in [0.15, 0.2) is 6.19 Å². The van der Waals surface area contributed by atoms with Crippen molar-refractivity contribution >= 4 is 11.8 Å². The van der Waals surface area contributed by atoms with Crippen molar-refractivity contribution < 1.29 is 0 Å². The summed E-state index contributed by atoms with van der Waals surface area (Å²) in [6.45, 7) is 0.688. The van der Waals surface area contributed by atoms with E-state index in [9.17, 15) is 0 Å². The first-order valence-corrected chi connectivity index (χ1v) is 3.84. The molecule has 1 heterocycles. The summed E-state index contributed by atoms with van der Waals surface area (Å²) in [6, 6.07) is 7.89. The van der Waals surface area contributed by atoms with Gasteiger partial charge in [0.1, 0.15) is 0 Å². The van der Waals surface area contributed by atoms with Crippen molar-refractivity contribution in [2.45, 2.75) is 0 Å². The Bertz CT molecular complexity index is 360. The van der Waals surface area contributed by atoms with Gasteiger partial charge in [0.25, 0.3) is 0 Å². The molecule has 0 bridgehead atoms. The summed E-state index contributed by atoms with van der Waals surface area (Å²) < 4.78 is 0. The van der Waals surface area contributed by atoms with Crippen LogP contribution in [-0.4, -0.2) is 6.54 Å². The number of hydrogen-bond donors (Lipinski definition) is 0. The van der Waals surface area contributed by atoms with Crippen molar-refractivity contribution in [2.75, 3.05) is 11.4 Å². The molecule has 2 heteroatoms. The molecule has 0 N–H and O–H groups in total. The van der Waals surface area contributed by atoms with Crippen LogP contribution in [0.5, 0.6) is 0 Å². The van der Waals surface area contributed by atoms with E-state index in [0.717, 1.165) is 11.3 Å². The summed E-state index contributed by atoms with van der Waals surface area (Å²) in [5.74, 6) is 0. The van der Waals surface area contributed by atoms with Gasteiger partial charge < -0.3 is 0 Å². The van der Waals surface area contributed by atoms with Crippen LogP contribution in [-0.2, 0) is 0 Å². The second-order valence-corrected chi connectivity index (χ2v) is 2.67. The van der Waals surface area contributed by atoms with Crippen LogP contribution < -0.4 is 4.90 Å². The molecule has 12 heavy (non-hydrogen) atoms. The van der Waals surface area contributed by atoms with Crippen molar-refractivity contribution in [2.24, 2.45) is 0 Å². The highest BCUT2D eigenvalue weighted by molar-refractivity contribution is 5.72. The van der Waals surface area contributed by atoms with Crippen molar-refractivity contribution in [3.63, 3.8) is 0 Å². The van der Waals surface area contributed by atoms with Gasteiger partial charge >= 0.3 is 0 Å². The van der Waals surface area contributed by atoms with E-state index in [0.29, 0.717) is 6.54 Å². The number of rotatable bonds is 0. The molecule has 0 unspecified atom stereocenters. The molecule has 2 rings (SSSR count). The Morgan fingerprint density at radius 2 is 2.17 bits per heavy atom. The van der Waals surface area contributed by atoms with E-state index >= 15 is 0 Å². The van der Waals surface area contributed by atoms with E-state index in [1.165, 1.54) is 0 Å². The van der Waals surface area contributed by atoms with Crippen LogP contribution in [0.15, 0.2) is 30.3 Å². The molecule has 0 aliphatic carbocycles. The molecule has 0 saturated carbocycles. The minimum atomic E-state index is 0.688. The third kappa shape index (κ3) is 0.960. The Morgan fingerprint density at radius 1 is 1.33 bits per heavy atom. The lowest BCUT2D eigenvalue weighted by molar-refractivity contribution is 1.08. The standard InChI is InChI=1S/C10H8N2/c11-8-12-7-3-5-9-4-1-2-6-10(9)12/h1-6H,7H2. The Labute approximate surface area is 71.3 Å². The topological polar surface area (TPSA) is 27.0 Å². The first-order valence-electron chi connectivity index (χ1n) is 3.84. The normalized spacial score (nSPS) is 13.8. The van der Waals surface area contributed by atoms with E-state index in [1.54, 1.807) is 4.90 Å². The third-order valence-corrected chi connectivity index (χ3v) is 1.93. The Morgan fingerprint density at radius 3 is 3.00 bits per heavy atom. The molecule has 0 radical (unpaired) electrons. The Kier molecular flexibility index (Phi) is 1.56. The van der Waals surface area contributed by atoms with Crippen LogP contribution in [0.3, 0.4) is 0 Å². The number of hydrogen-bond acceptors (Lipinski definition) is 2. The van der Waals surface area contributed by atoms with E-state index in [-0.39, 0.29) is 0 Å². The molecular formula is C10H8N2. The maximum absolute atomic E-state index is 8.78. The summed E-state index contributed by atoms with van der Waals surface area (Å²) in [7, 11) is 0. The van der Waals surface area contributed by atoms with Gasteiger partial charge in [0, 0.05) is 0 Å². The maximum Gasteiger partial charge on any atom is 0.184 e. The van der Waals surface area contributed by atoms with E-state index in [1.807, 2.05) is 36.4 Å². The summed E-state index contributed by atoms with van der Waals surface area (Å²) in [6.07, 6.45) is 6.18. The SMILES string of the molecule is N#CN1CC=Cc2ccccc21. The fourth-order valence-corrected chi connectivity index (χ4v) is 1.35. The number of benzene rings is 1. The molecule has 0 spiro atoms. The molecule has 1 aliphatic rings. The van der Waals surface area contributed by atoms with Gasteiger partial charge in [-0.15, -0.1) is 0 Å². The number of nitriles is 1. The van der Waals surface area contributed by atoms with Crippen LogP contribution in [0.25, 0.3) is 6.08 Å².